The van der Waals surface area contributed by atoms with Crippen LogP contribution in [0.2, 0.25) is 0 Å². The summed E-state index contributed by atoms with van der Waals surface area (Å²) in [5.74, 6) is 0.924. The molecule has 0 saturated carbocycles. The molecule has 0 atom stereocenters. The number of benzene rings is 8. The average Bonchev–Trinajstić information content (AvgIpc) is 3.90. The zero-order valence-electron chi connectivity index (χ0n) is 28.6. The van der Waals surface area contributed by atoms with Gasteiger partial charge >= 0.3 is 0 Å². The molecule has 11 rings (SSSR count). The van der Waals surface area contributed by atoms with Gasteiger partial charge in [0.05, 0.1) is 22.1 Å². The largest absolute Gasteiger partial charge is 0.456 e. The van der Waals surface area contributed by atoms with Crippen LogP contribution in [0.15, 0.2) is 192 Å². The summed E-state index contributed by atoms with van der Waals surface area (Å²) in [4.78, 5) is 5.06. The molecule has 4 heteroatoms. The fourth-order valence-corrected chi connectivity index (χ4v) is 8.01. The van der Waals surface area contributed by atoms with Crippen LogP contribution in [0.25, 0.3) is 99.8 Å². The van der Waals surface area contributed by atoms with Crippen LogP contribution in [0.4, 0.5) is 0 Å². The van der Waals surface area contributed by atoms with E-state index in [4.69, 9.17) is 9.40 Å². The molecule has 0 amide bonds. The van der Waals surface area contributed by atoms with Crippen LogP contribution in [-0.2, 0) is 0 Å². The number of fused-ring (bicyclic) bond motifs is 7. The number of rotatable bonds is 5. The number of furan rings is 1. The van der Waals surface area contributed by atoms with E-state index in [2.05, 4.69) is 185 Å². The average molecular weight is 678 g/mol. The van der Waals surface area contributed by atoms with Crippen molar-refractivity contribution in [3.05, 3.63) is 188 Å². The van der Waals surface area contributed by atoms with Crippen LogP contribution in [-0.4, -0.2) is 14.1 Å². The second-order valence-electron chi connectivity index (χ2n) is 13.6. The van der Waals surface area contributed by atoms with Crippen molar-refractivity contribution in [2.24, 2.45) is 0 Å². The highest BCUT2D eigenvalue weighted by molar-refractivity contribution is 6.18. The molecular weight excluding hydrogens is 647 g/mol. The molecule has 0 aliphatic heterocycles. The Morgan fingerprint density at radius 2 is 0.887 bits per heavy atom. The summed E-state index contributed by atoms with van der Waals surface area (Å²) < 4.78 is 11.2. The van der Waals surface area contributed by atoms with Crippen LogP contribution < -0.4 is 0 Å². The first-order chi connectivity index (χ1) is 26.3. The third-order valence-electron chi connectivity index (χ3n) is 10.5. The maximum Gasteiger partial charge on any atom is 0.145 e. The third-order valence-corrected chi connectivity index (χ3v) is 10.5. The van der Waals surface area contributed by atoms with Crippen molar-refractivity contribution in [3.8, 4) is 45.0 Å². The normalized spacial score (nSPS) is 11.8. The predicted molar refractivity (Wildman–Crippen MR) is 219 cm³/mol. The SMILES string of the molecule is c1ccc(-c2ccc3oc4cc5c(cc4c3c2)c2cc(-c3ccccc3)ccc2n5-c2ccc(-n3c(-c4ccccc4)nc4ccccc43)cc2)cc1. The van der Waals surface area contributed by atoms with Gasteiger partial charge in [-0.3, -0.25) is 4.57 Å². The smallest absolute Gasteiger partial charge is 0.145 e. The second kappa shape index (κ2) is 11.7. The summed E-state index contributed by atoms with van der Waals surface area (Å²) in [5.41, 5.74) is 14.0. The van der Waals surface area contributed by atoms with E-state index in [0.29, 0.717) is 0 Å². The first-order valence-corrected chi connectivity index (χ1v) is 18.0. The third kappa shape index (κ3) is 4.73. The van der Waals surface area contributed by atoms with Gasteiger partial charge < -0.3 is 8.98 Å². The van der Waals surface area contributed by atoms with Gasteiger partial charge in [-0.25, -0.2) is 4.98 Å². The standard InChI is InChI=1S/C49H31N3O/c1-4-12-32(13-5-1)35-20-26-44-39(28-35)40-30-42-41-29-36(33-14-6-2-7-15-33)21-27-47(41)53-48(42)31-46(40)51(44)37-22-24-38(25-23-37)52-45-19-11-10-18-43(45)50-49(52)34-16-8-3-9-17-34/h1-31H. The molecule has 0 aliphatic rings. The molecule has 53 heavy (non-hydrogen) atoms. The molecule has 3 aromatic heterocycles. The summed E-state index contributed by atoms with van der Waals surface area (Å²) in [5, 5.41) is 4.63. The lowest BCUT2D eigenvalue weighted by Gasteiger charge is -2.13. The van der Waals surface area contributed by atoms with Crippen LogP contribution >= 0.6 is 0 Å². The topological polar surface area (TPSA) is 35.9 Å². The Labute approximate surface area is 305 Å². The summed E-state index contributed by atoms with van der Waals surface area (Å²) in [7, 11) is 0. The minimum absolute atomic E-state index is 0.874. The Kier molecular flexibility index (Phi) is 6.52. The highest BCUT2D eigenvalue weighted by Crippen LogP contribution is 2.41. The van der Waals surface area contributed by atoms with E-state index < -0.39 is 0 Å². The van der Waals surface area contributed by atoms with Gasteiger partial charge in [0.2, 0.25) is 0 Å². The summed E-state index contributed by atoms with van der Waals surface area (Å²) in [6.45, 7) is 0. The lowest BCUT2D eigenvalue weighted by molar-refractivity contribution is 0.669. The van der Waals surface area contributed by atoms with E-state index in [1.165, 1.54) is 33.0 Å². The van der Waals surface area contributed by atoms with E-state index in [1.807, 2.05) is 12.1 Å². The Bertz CT molecular complexity index is 3130. The highest BCUT2D eigenvalue weighted by atomic mass is 16.3. The minimum atomic E-state index is 0.874. The zero-order chi connectivity index (χ0) is 34.9. The predicted octanol–water partition coefficient (Wildman–Crippen LogP) is 13.0. The number of aromatic nitrogens is 3. The molecule has 0 aliphatic carbocycles. The first-order valence-electron chi connectivity index (χ1n) is 18.0. The molecule has 0 saturated heterocycles. The monoisotopic (exact) mass is 677 g/mol. The molecule has 3 heterocycles. The van der Waals surface area contributed by atoms with Crippen molar-refractivity contribution >= 4 is 54.8 Å². The lowest BCUT2D eigenvalue weighted by Crippen LogP contribution is -1.99. The Morgan fingerprint density at radius 3 is 1.58 bits per heavy atom. The second-order valence-corrected chi connectivity index (χ2v) is 13.6. The van der Waals surface area contributed by atoms with Crippen LogP contribution in [0, 0.1) is 0 Å². The zero-order valence-corrected chi connectivity index (χ0v) is 28.6. The molecule has 0 N–H and O–H groups in total. The fourth-order valence-electron chi connectivity index (χ4n) is 8.01. The van der Waals surface area contributed by atoms with Gasteiger partial charge in [-0.1, -0.05) is 115 Å². The van der Waals surface area contributed by atoms with Gasteiger partial charge in [-0.2, -0.15) is 0 Å². The molecular formula is C49H31N3O. The number of hydrogen-bond donors (Lipinski definition) is 0. The Morgan fingerprint density at radius 1 is 0.340 bits per heavy atom. The molecule has 0 radical (unpaired) electrons. The van der Waals surface area contributed by atoms with Crippen molar-refractivity contribution in [1.82, 2.24) is 14.1 Å². The van der Waals surface area contributed by atoms with Crippen molar-refractivity contribution in [3.63, 3.8) is 0 Å². The van der Waals surface area contributed by atoms with Gasteiger partial charge in [-0.15, -0.1) is 0 Å². The molecule has 11 aromatic rings. The molecule has 0 spiro atoms. The van der Waals surface area contributed by atoms with Crippen molar-refractivity contribution in [2.75, 3.05) is 0 Å². The number of hydrogen-bond acceptors (Lipinski definition) is 2. The van der Waals surface area contributed by atoms with E-state index >= 15 is 0 Å². The number of para-hydroxylation sites is 2. The van der Waals surface area contributed by atoms with Crippen molar-refractivity contribution in [2.45, 2.75) is 0 Å². The molecule has 0 fully saturated rings. The maximum atomic E-state index is 6.57. The van der Waals surface area contributed by atoms with Gasteiger partial charge in [0.1, 0.15) is 17.0 Å². The Hall–Kier alpha value is -7.17. The quantitative estimate of drug-likeness (QED) is 0.182. The van der Waals surface area contributed by atoms with Gasteiger partial charge in [0.15, 0.2) is 0 Å². The van der Waals surface area contributed by atoms with E-state index in [9.17, 15) is 0 Å². The Balaban J connectivity index is 1.13. The minimum Gasteiger partial charge on any atom is -0.456 e. The maximum absolute atomic E-state index is 6.57. The summed E-state index contributed by atoms with van der Waals surface area (Å²) in [6.07, 6.45) is 0. The van der Waals surface area contributed by atoms with Crippen LogP contribution in [0.3, 0.4) is 0 Å². The first kappa shape index (κ1) is 29.5. The van der Waals surface area contributed by atoms with Crippen molar-refractivity contribution < 1.29 is 4.42 Å². The van der Waals surface area contributed by atoms with E-state index in [0.717, 1.165) is 66.8 Å². The number of imidazole rings is 1. The summed E-state index contributed by atoms with van der Waals surface area (Å²) >= 11 is 0. The molecule has 248 valence electrons. The van der Waals surface area contributed by atoms with Crippen LogP contribution in [0.1, 0.15) is 0 Å². The molecule has 8 aromatic carbocycles. The fraction of sp³-hybridized carbons (Fsp3) is 0. The van der Waals surface area contributed by atoms with Crippen LogP contribution in [0.5, 0.6) is 0 Å². The van der Waals surface area contributed by atoms with Crippen molar-refractivity contribution in [1.29, 1.82) is 0 Å². The lowest BCUT2D eigenvalue weighted by atomic mass is 10.0. The van der Waals surface area contributed by atoms with E-state index in [1.54, 1.807) is 0 Å². The molecule has 4 nitrogen and oxygen atoms in total. The highest BCUT2D eigenvalue weighted by Gasteiger charge is 2.19. The van der Waals surface area contributed by atoms with Gasteiger partial charge in [-0.05, 0) is 89.0 Å². The van der Waals surface area contributed by atoms with Gasteiger partial charge in [0, 0.05) is 44.5 Å². The summed E-state index contributed by atoms with van der Waals surface area (Å²) in [6, 6.07) is 66.7. The van der Waals surface area contributed by atoms with E-state index in [-0.39, 0.29) is 0 Å². The number of nitrogens with zero attached hydrogens (tertiary/aromatic N) is 3. The molecule has 0 unspecified atom stereocenters. The molecule has 0 bridgehead atoms. The van der Waals surface area contributed by atoms with Gasteiger partial charge in [0.25, 0.3) is 0 Å².